The Hall–Kier alpha value is -3.13. The number of ether oxygens (including phenoxy) is 1. The number of urea groups is 1. The van der Waals surface area contributed by atoms with Gasteiger partial charge in [-0.05, 0) is 36.4 Å². The molecule has 0 aliphatic rings. The summed E-state index contributed by atoms with van der Waals surface area (Å²) in [5, 5.41) is 7.50. The first-order chi connectivity index (χ1) is 13.5. The molecule has 0 saturated heterocycles. The number of hydrogen-bond acceptors (Lipinski definition) is 6. The maximum absolute atomic E-state index is 12.0. The van der Waals surface area contributed by atoms with E-state index in [-0.39, 0.29) is 6.42 Å². The second-order valence-electron chi connectivity index (χ2n) is 6.23. The van der Waals surface area contributed by atoms with Gasteiger partial charge in [-0.3, -0.25) is 14.9 Å². The van der Waals surface area contributed by atoms with E-state index in [1.807, 2.05) is 42.6 Å². The summed E-state index contributed by atoms with van der Waals surface area (Å²) in [4.78, 5) is 36.5. The van der Waals surface area contributed by atoms with E-state index in [0.717, 1.165) is 15.8 Å². The van der Waals surface area contributed by atoms with Gasteiger partial charge in [0.1, 0.15) is 5.58 Å². The zero-order chi connectivity index (χ0) is 19.9. The minimum atomic E-state index is -0.686. The van der Waals surface area contributed by atoms with Crippen molar-refractivity contribution in [3.63, 3.8) is 0 Å². The van der Waals surface area contributed by atoms with Crippen LogP contribution in [-0.2, 0) is 27.2 Å². The van der Waals surface area contributed by atoms with Crippen LogP contribution in [0.5, 0.6) is 0 Å². The highest BCUT2D eigenvalue weighted by Gasteiger charge is 2.14. The first kappa shape index (κ1) is 19.6. The highest BCUT2D eigenvalue weighted by atomic mass is 32.1. The summed E-state index contributed by atoms with van der Waals surface area (Å²) in [6.45, 7) is 1.84. The Kier molecular flexibility index (Phi) is 6.44. The van der Waals surface area contributed by atoms with E-state index >= 15 is 0 Å². The molecular formula is C20H20N2O5S. The molecule has 3 aromatic rings. The molecule has 0 fully saturated rings. The summed E-state index contributed by atoms with van der Waals surface area (Å²) in [5.41, 5.74) is 2.44. The molecule has 2 N–H and O–H groups in total. The zero-order valence-corrected chi connectivity index (χ0v) is 16.1. The number of fused-ring (bicyclic) bond motifs is 1. The quantitative estimate of drug-likeness (QED) is 0.594. The molecule has 0 radical (unpaired) electrons. The summed E-state index contributed by atoms with van der Waals surface area (Å²) < 4.78 is 10.4. The number of thiophene rings is 1. The minimum absolute atomic E-state index is 0.0175. The van der Waals surface area contributed by atoms with E-state index < -0.39 is 24.5 Å². The lowest BCUT2D eigenvalue weighted by atomic mass is 10.1. The van der Waals surface area contributed by atoms with Crippen molar-refractivity contribution in [2.75, 3.05) is 13.2 Å². The van der Waals surface area contributed by atoms with Crippen LogP contribution >= 0.6 is 11.3 Å². The third kappa shape index (κ3) is 5.43. The number of hydrogen-bond donors (Lipinski definition) is 2. The van der Waals surface area contributed by atoms with Crippen LogP contribution in [0.2, 0.25) is 0 Å². The first-order valence-corrected chi connectivity index (χ1v) is 9.61. The van der Waals surface area contributed by atoms with Gasteiger partial charge >= 0.3 is 12.0 Å². The van der Waals surface area contributed by atoms with Crippen molar-refractivity contribution in [3.8, 4) is 0 Å². The molecule has 3 rings (SSSR count). The standard InChI is InChI=1S/C20H20N2O5S/c1-13-4-5-16-14(11-26-17(16)9-13)10-19(24)27-12-18(23)22-20(25)21-7-6-15-3-2-8-28-15/h2-5,8-9,11H,6-7,10,12H2,1H3,(H2,21,22,23,25). The van der Waals surface area contributed by atoms with Gasteiger partial charge in [0.2, 0.25) is 0 Å². The van der Waals surface area contributed by atoms with Crippen molar-refractivity contribution in [1.82, 2.24) is 10.6 Å². The lowest BCUT2D eigenvalue weighted by Gasteiger charge is -2.07. The SMILES string of the molecule is Cc1ccc2c(CC(=O)OCC(=O)NC(=O)NCCc3cccs3)coc2c1. The Balaban J connectivity index is 1.38. The fourth-order valence-corrected chi connectivity index (χ4v) is 3.35. The molecule has 8 heteroatoms. The fraction of sp³-hybridized carbons (Fsp3) is 0.250. The highest BCUT2D eigenvalue weighted by molar-refractivity contribution is 7.09. The highest BCUT2D eigenvalue weighted by Crippen LogP contribution is 2.22. The Labute approximate surface area is 165 Å². The second-order valence-corrected chi connectivity index (χ2v) is 7.26. The summed E-state index contributed by atoms with van der Waals surface area (Å²) in [6, 6.07) is 8.98. The summed E-state index contributed by atoms with van der Waals surface area (Å²) >= 11 is 1.60. The maximum atomic E-state index is 12.0. The molecule has 0 atom stereocenters. The van der Waals surface area contributed by atoms with Crippen LogP contribution < -0.4 is 10.6 Å². The van der Waals surface area contributed by atoms with E-state index in [0.29, 0.717) is 24.1 Å². The van der Waals surface area contributed by atoms with Gasteiger partial charge in [0.05, 0.1) is 12.7 Å². The Morgan fingerprint density at radius 1 is 1.21 bits per heavy atom. The number of aryl methyl sites for hydroxylation is 1. The van der Waals surface area contributed by atoms with Crippen LogP contribution in [0.4, 0.5) is 4.79 Å². The molecule has 0 bridgehead atoms. The molecule has 0 saturated carbocycles. The number of rotatable bonds is 7. The minimum Gasteiger partial charge on any atom is -0.464 e. The van der Waals surface area contributed by atoms with E-state index in [4.69, 9.17) is 9.15 Å². The molecule has 28 heavy (non-hydrogen) atoms. The molecule has 0 spiro atoms. The van der Waals surface area contributed by atoms with Gasteiger partial charge in [-0.2, -0.15) is 0 Å². The Morgan fingerprint density at radius 3 is 2.86 bits per heavy atom. The number of carbonyl (C=O) groups is 3. The molecule has 2 aromatic heterocycles. The zero-order valence-electron chi connectivity index (χ0n) is 15.3. The molecule has 0 unspecified atom stereocenters. The monoisotopic (exact) mass is 400 g/mol. The number of nitrogens with one attached hydrogen (secondary N) is 2. The first-order valence-electron chi connectivity index (χ1n) is 8.73. The number of imide groups is 1. The van der Waals surface area contributed by atoms with Gasteiger partial charge in [-0.25, -0.2) is 4.79 Å². The number of benzene rings is 1. The van der Waals surface area contributed by atoms with Crippen molar-refractivity contribution in [2.24, 2.45) is 0 Å². The van der Waals surface area contributed by atoms with Crippen LogP contribution in [0.15, 0.2) is 46.4 Å². The number of carbonyl (C=O) groups excluding carboxylic acids is 3. The van der Waals surface area contributed by atoms with Crippen molar-refractivity contribution in [1.29, 1.82) is 0 Å². The van der Waals surface area contributed by atoms with Gasteiger partial charge in [0, 0.05) is 22.4 Å². The summed E-state index contributed by atoms with van der Waals surface area (Å²) in [5.74, 6) is -1.26. The van der Waals surface area contributed by atoms with E-state index in [1.165, 1.54) is 6.26 Å². The average Bonchev–Trinajstić information content (AvgIpc) is 3.30. The van der Waals surface area contributed by atoms with Crippen molar-refractivity contribution in [3.05, 3.63) is 58.0 Å². The Bertz CT molecular complexity index is 978. The maximum Gasteiger partial charge on any atom is 0.321 e. The van der Waals surface area contributed by atoms with Crippen LogP contribution in [0.3, 0.4) is 0 Å². The lowest BCUT2D eigenvalue weighted by Crippen LogP contribution is -2.42. The average molecular weight is 400 g/mol. The van der Waals surface area contributed by atoms with Crippen LogP contribution in [-0.4, -0.2) is 31.1 Å². The smallest absolute Gasteiger partial charge is 0.321 e. The van der Waals surface area contributed by atoms with Gasteiger partial charge < -0.3 is 14.5 Å². The van der Waals surface area contributed by atoms with Crippen molar-refractivity contribution < 1.29 is 23.5 Å². The molecule has 7 nitrogen and oxygen atoms in total. The van der Waals surface area contributed by atoms with Gasteiger partial charge in [0.15, 0.2) is 6.61 Å². The number of furan rings is 1. The third-order valence-electron chi connectivity index (χ3n) is 4.00. The molecule has 0 aliphatic heterocycles. The molecule has 1 aromatic carbocycles. The fourth-order valence-electron chi connectivity index (χ4n) is 2.64. The second kappa shape index (κ2) is 9.18. The van der Waals surface area contributed by atoms with E-state index in [9.17, 15) is 14.4 Å². The van der Waals surface area contributed by atoms with Crippen molar-refractivity contribution in [2.45, 2.75) is 19.8 Å². The van der Waals surface area contributed by atoms with E-state index in [2.05, 4.69) is 10.6 Å². The normalized spacial score (nSPS) is 10.6. The summed E-state index contributed by atoms with van der Waals surface area (Å²) in [6.07, 6.45) is 2.18. The molecule has 3 amide bonds. The van der Waals surface area contributed by atoms with Crippen molar-refractivity contribution >= 4 is 40.2 Å². The topological polar surface area (TPSA) is 97.6 Å². The number of esters is 1. The molecule has 0 aliphatic carbocycles. The van der Waals surface area contributed by atoms with Crippen LogP contribution in [0, 0.1) is 6.92 Å². The molecule has 146 valence electrons. The van der Waals surface area contributed by atoms with Gasteiger partial charge in [-0.15, -0.1) is 11.3 Å². The number of amides is 3. The predicted octanol–water partition coefficient (Wildman–Crippen LogP) is 2.96. The Morgan fingerprint density at radius 2 is 2.07 bits per heavy atom. The molecular weight excluding hydrogens is 380 g/mol. The molecule has 2 heterocycles. The van der Waals surface area contributed by atoms with Gasteiger partial charge in [0.25, 0.3) is 5.91 Å². The lowest BCUT2D eigenvalue weighted by molar-refractivity contribution is -0.147. The predicted molar refractivity (Wildman–Crippen MR) is 105 cm³/mol. The van der Waals surface area contributed by atoms with Crippen LogP contribution in [0.1, 0.15) is 16.0 Å². The van der Waals surface area contributed by atoms with Crippen LogP contribution in [0.25, 0.3) is 11.0 Å². The van der Waals surface area contributed by atoms with Gasteiger partial charge in [-0.1, -0.05) is 18.2 Å². The largest absolute Gasteiger partial charge is 0.464 e. The summed E-state index contributed by atoms with van der Waals surface area (Å²) in [7, 11) is 0. The van der Waals surface area contributed by atoms with E-state index in [1.54, 1.807) is 11.3 Å². The third-order valence-corrected chi connectivity index (χ3v) is 4.94.